The third-order valence-corrected chi connectivity index (χ3v) is 8.06. The van der Waals surface area contributed by atoms with E-state index in [4.69, 9.17) is 0 Å². The lowest BCUT2D eigenvalue weighted by Gasteiger charge is -2.15. The number of fused-ring (bicyclic) bond motifs is 2. The maximum Gasteiger partial charge on any atom is 0.270 e. The lowest BCUT2D eigenvalue weighted by atomic mass is 10.0. The third-order valence-electron chi connectivity index (χ3n) is 8.06. The molecule has 0 aromatic heterocycles. The molecule has 0 unspecified atom stereocenters. The smallest absolute Gasteiger partial charge is 0.270 e. The van der Waals surface area contributed by atoms with E-state index in [0.717, 1.165) is 28.0 Å². The zero-order valence-corrected chi connectivity index (χ0v) is 25.1. The number of carbonyl (C=O) groups is 6. The Morgan fingerprint density at radius 2 is 0.878 bits per heavy atom. The molecule has 7 rings (SSSR count). The van der Waals surface area contributed by atoms with Gasteiger partial charge in [-0.1, -0.05) is 24.3 Å². The van der Waals surface area contributed by atoms with Crippen molar-refractivity contribution in [1.29, 1.82) is 0 Å². The van der Waals surface area contributed by atoms with Crippen molar-refractivity contribution in [2.75, 3.05) is 20.4 Å². The van der Waals surface area contributed by atoms with Crippen LogP contribution in [0, 0.1) is 10.1 Å². The van der Waals surface area contributed by atoms with E-state index in [1.807, 2.05) is 0 Å². The van der Waals surface area contributed by atoms with Crippen molar-refractivity contribution in [2.24, 2.45) is 0 Å². The van der Waals surface area contributed by atoms with Gasteiger partial charge in [-0.25, -0.2) is 9.80 Å². The fraction of sp³-hybridized carbons (Fsp3) is 0. The summed E-state index contributed by atoms with van der Waals surface area (Å²) in [4.78, 5) is 91.0. The molecule has 13 heteroatoms. The summed E-state index contributed by atoms with van der Waals surface area (Å²) in [5.74, 6) is -3.50. The highest BCUT2D eigenvalue weighted by Crippen LogP contribution is 2.31. The van der Waals surface area contributed by atoms with Gasteiger partial charge in [0.2, 0.25) is 0 Å². The van der Waals surface area contributed by atoms with Gasteiger partial charge in [-0.05, 0) is 78.9 Å². The van der Waals surface area contributed by atoms with Crippen LogP contribution >= 0.6 is 0 Å². The van der Waals surface area contributed by atoms with Gasteiger partial charge >= 0.3 is 0 Å². The summed E-state index contributed by atoms with van der Waals surface area (Å²) in [6.45, 7) is 0. The number of hydrogen-bond acceptors (Lipinski definition) is 8. The first-order chi connectivity index (χ1) is 23.6. The molecule has 2 aliphatic rings. The molecule has 2 N–H and O–H groups in total. The number of amides is 6. The highest BCUT2D eigenvalue weighted by molar-refractivity contribution is 6.35. The number of nitrogens with one attached hydrogen (secondary N) is 2. The highest BCUT2D eigenvalue weighted by Gasteiger charge is 2.37. The Kier molecular flexibility index (Phi) is 7.33. The molecule has 2 heterocycles. The normalized spacial score (nSPS) is 13.3. The monoisotopic (exact) mass is 651 g/mol. The molecular weight excluding hydrogens is 630 g/mol. The van der Waals surface area contributed by atoms with Crippen molar-refractivity contribution in [2.45, 2.75) is 0 Å². The van der Waals surface area contributed by atoms with Crippen LogP contribution in [0.3, 0.4) is 0 Å². The van der Waals surface area contributed by atoms with E-state index in [0.29, 0.717) is 0 Å². The van der Waals surface area contributed by atoms with Crippen LogP contribution in [0.5, 0.6) is 0 Å². The molecule has 0 saturated heterocycles. The van der Waals surface area contributed by atoms with E-state index >= 15 is 0 Å². The van der Waals surface area contributed by atoms with Gasteiger partial charge in [0.15, 0.2) is 0 Å². The molecule has 238 valence electrons. The SMILES string of the molecule is O=C(Nc1ccc(N2C(=O)c3ccccc3C2=O)cc1)c1ccc([N+](=O)[O-])cc1C(=O)Nc1ccc(N2C(=O)c3ccccc3C2=O)cc1. The largest absolute Gasteiger partial charge is 0.322 e. The standard InChI is InChI=1S/C36H21N5O8/c42-31(37-20-9-13-22(14-10-20)39-33(44)26-5-1-2-6-27(26)34(39)45)25-18-17-24(41(48)49)19-30(25)32(43)38-21-11-15-23(16-12-21)40-35(46)28-7-3-4-8-29(28)36(40)47/h1-19H,(H,37,42)(H,38,43). The van der Waals surface area contributed by atoms with Gasteiger partial charge in [-0.3, -0.25) is 38.9 Å². The van der Waals surface area contributed by atoms with E-state index in [1.165, 1.54) is 48.5 Å². The fourth-order valence-electron chi connectivity index (χ4n) is 5.66. The van der Waals surface area contributed by atoms with Crippen LogP contribution in [0.15, 0.2) is 115 Å². The summed E-state index contributed by atoms with van der Waals surface area (Å²) in [5.41, 5.74) is 1.29. The Morgan fingerprint density at radius 1 is 0.510 bits per heavy atom. The molecule has 2 aliphatic heterocycles. The minimum absolute atomic E-state index is 0.171. The Bertz CT molecular complexity index is 2210. The molecule has 5 aromatic carbocycles. The van der Waals surface area contributed by atoms with Crippen molar-refractivity contribution in [3.8, 4) is 0 Å². The van der Waals surface area contributed by atoms with E-state index in [1.54, 1.807) is 48.5 Å². The summed E-state index contributed by atoms with van der Waals surface area (Å²) in [6.07, 6.45) is 0. The summed E-state index contributed by atoms with van der Waals surface area (Å²) >= 11 is 0. The van der Waals surface area contributed by atoms with Crippen LogP contribution in [0.2, 0.25) is 0 Å². The molecule has 0 atom stereocenters. The first kappa shape index (κ1) is 30.4. The van der Waals surface area contributed by atoms with E-state index in [2.05, 4.69) is 10.6 Å². The summed E-state index contributed by atoms with van der Waals surface area (Å²) in [6, 6.07) is 27.8. The topological polar surface area (TPSA) is 176 Å². The minimum Gasteiger partial charge on any atom is -0.322 e. The second-order valence-corrected chi connectivity index (χ2v) is 11.0. The first-order valence-corrected chi connectivity index (χ1v) is 14.7. The number of nitrogens with zero attached hydrogens (tertiary/aromatic N) is 3. The molecule has 0 spiro atoms. The molecule has 6 amide bonds. The van der Waals surface area contributed by atoms with Gasteiger partial charge in [-0.15, -0.1) is 0 Å². The number of anilines is 4. The van der Waals surface area contributed by atoms with Crippen molar-refractivity contribution in [3.63, 3.8) is 0 Å². The molecular formula is C36H21N5O8. The lowest BCUT2D eigenvalue weighted by Crippen LogP contribution is -2.29. The molecule has 5 aromatic rings. The van der Waals surface area contributed by atoms with Gasteiger partial charge in [0, 0.05) is 23.5 Å². The second kappa shape index (κ2) is 11.8. The first-order valence-electron chi connectivity index (χ1n) is 14.7. The summed E-state index contributed by atoms with van der Waals surface area (Å²) in [7, 11) is 0. The second-order valence-electron chi connectivity index (χ2n) is 11.0. The molecule has 13 nitrogen and oxygen atoms in total. The quantitative estimate of drug-likeness (QED) is 0.128. The predicted octanol–water partition coefficient (Wildman–Crippen LogP) is 5.70. The minimum atomic E-state index is -0.830. The van der Waals surface area contributed by atoms with Crippen LogP contribution in [-0.2, 0) is 0 Å². The number of nitro groups is 1. The zero-order valence-electron chi connectivity index (χ0n) is 25.1. The van der Waals surface area contributed by atoms with Gasteiger partial charge in [-0.2, -0.15) is 0 Å². The van der Waals surface area contributed by atoms with Gasteiger partial charge in [0.1, 0.15) is 0 Å². The maximum absolute atomic E-state index is 13.4. The van der Waals surface area contributed by atoms with Crippen molar-refractivity contribution in [3.05, 3.63) is 159 Å². The Balaban J connectivity index is 1.08. The highest BCUT2D eigenvalue weighted by atomic mass is 16.6. The number of benzene rings is 5. The molecule has 0 fully saturated rings. The fourth-order valence-corrected chi connectivity index (χ4v) is 5.66. The van der Waals surface area contributed by atoms with Gasteiger partial charge in [0.25, 0.3) is 41.1 Å². The van der Waals surface area contributed by atoms with Gasteiger partial charge < -0.3 is 10.6 Å². The number of nitro benzene ring substituents is 1. The Morgan fingerprint density at radius 3 is 1.24 bits per heavy atom. The molecule has 0 radical (unpaired) electrons. The van der Waals surface area contributed by atoms with Crippen molar-refractivity contribution >= 4 is 63.9 Å². The molecule has 0 saturated carbocycles. The third kappa shape index (κ3) is 5.26. The van der Waals surface area contributed by atoms with Crippen LogP contribution in [-0.4, -0.2) is 40.4 Å². The average molecular weight is 652 g/mol. The number of rotatable bonds is 7. The number of imide groups is 2. The predicted molar refractivity (Wildman–Crippen MR) is 177 cm³/mol. The summed E-state index contributed by atoms with van der Waals surface area (Å²) < 4.78 is 0. The molecule has 0 bridgehead atoms. The Hall–Kier alpha value is -7.28. The van der Waals surface area contributed by atoms with Crippen LogP contribution in [0.1, 0.15) is 62.1 Å². The van der Waals surface area contributed by atoms with Crippen LogP contribution in [0.25, 0.3) is 0 Å². The Labute approximate surface area is 276 Å². The van der Waals surface area contributed by atoms with Gasteiger partial charge in [0.05, 0.1) is 49.7 Å². The van der Waals surface area contributed by atoms with Crippen molar-refractivity contribution < 1.29 is 33.7 Å². The zero-order chi connectivity index (χ0) is 34.4. The molecule has 49 heavy (non-hydrogen) atoms. The molecule has 0 aliphatic carbocycles. The van der Waals surface area contributed by atoms with E-state index < -0.39 is 46.1 Å². The lowest BCUT2D eigenvalue weighted by molar-refractivity contribution is -0.384. The van der Waals surface area contributed by atoms with Crippen molar-refractivity contribution in [1.82, 2.24) is 0 Å². The summed E-state index contributed by atoms with van der Waals surface area (Å²) in [5, 5.41) is 16.8. The average Bonchev–Trinajstić information content (AvgIpc) is 3.52. The number of hydrogen-bond donors (Lipinski definition) is 2. The van der Waals surface area contributed by atoms with E-state index in [9.17, 15) is 38.9 Å². The van der Waals surface area contributed by atoms with Crippen LogP contribution < -0.4 is 20.4 Å². The van der Waals surface area contributed by atoms with Crippen LogP contribution in [0.4, 0.5) is 28.4 Å². The number of carbonyl (C=O) groups excluding carboxylic acids is 6. The van der Waals surface area contributed by atoms with E-state index in [-0.39, 0.29) is 56.1 Å². The number of non-ortho nitro benzene ring substituents is 1. The maximum atomic E-state index is 13.4.